The molecule has 0 bridgehead atoms. The number of nitrogens with zero attached hydrogens (tertiary/aromatic N) is 1. The summed E-state index contributed by atoms with van der Waals surface area (Å²) in [6.45, 7) is 2.63. The second-order valence-corrected chi connectivity index (χ2v) is 2.04. The number of ether oxygens (including phenoxy) is 1. The SMILES string of the molecule is CCOC(=O)CN(C)C.Cl. The van der Waals surface area contributed by atoms with Crippen molar-refractivity contribution in [2.75, 3.05) is 27.2 Å². The first-order chi connectivity index (χ1) is 4.16. The smallest absolute Gasteiger partial charge is 0.320 e. The van der Waals surface area contributed by atoms with Crippen LogP contribution in [-0.4, -0.2) is 38.1 Å². The summed E-state index contributed by atoms with van der Waals surface area (Å²) >= 11 is 0. The van der Waals surface area contributed by atoms with E-state index in [2.05, 4.69) is 4.74 Å². The van der Waals surface area contributed by atoms with Crippen LogP contribution in [0.3, 0.4) is 0 Å². The van der Waals surface area contributed by atoms with E-state index >= 15 is 0 Å². The molecular weight excluding hydrogens is 154 g/mol. The van der Waals surface area contributed by atoms with Gasteiger partial charge in [-0.25, -0.2) is 0 Å². The fourth-order valence-electron chi connectivity index (χ4n) is 0.465. The van der Waals surface area contributed by atoms with E-state index in [1.165, 1.54) is 0 Å². The second-order valence-electron chi connectivity index (χ2n) is 2.04. The maximum Gasteiger partial charge on any atom is 0.320 e. The van der Waals surface area contributed by atoms with Gasteiger partial charge in [-0.2, -0.15) is 0 Å². The van der Waals surface area contributed by atoms with Gasteiger partial charge >= 0.3 is 5.97 Å². The maximum absolute atomic E-state index is 10.6. The van der Waals surface area contributed by atoms with Crippen LogP contribution in [0.4, 0.5) is 0 Å². The van der Waals surface area contributed by atoms with Crippen molar-refractivity contribution in [1.29, 1.82) is 0 Å². The zero-order chi connectivity index (χ0) is 7.28. The van der Waals surface area contributed by atoms with Gasteiger partial charge in [0.15, 0.2) is 0 Å². The lowest BCUT2D eigenvalue weighted by atomic mass is 10.6. The molecular formula is C6H14ClNO2. The standard InChI is InChI=1S/C6H13NO2.ClH/c1-4-9-6(8)5-7(2)3;/h4-5H2,1-3H3;1H. The normalized spacial score (nSPS) is 8.80. The van der Waals surface area contributed by atoms with Gasteiger partial charge in [-0.05, 0) is 21.0 Å². The average molecular weight is 168 g/mol. The molecule has 62 valence electrons. The molecule has 0 aliphatic carbocycles. The van der Waals surface area contributed by atoms with Crippen LogP contribution in [0.25, 0.3) is 0 Å². The van der Waals surface area contributed by atoms with E-state index in [4.69, 9.17) is 0 Å². The third-order valence-corrected chi connectivity index (χ3v) is 0.751. The molecule has 0 aromatic rings. The van der Waals surface area contributed by atoms with E-state index in [-0.39, 0.29) is 18.4 Å². The largest absolute Gasteiger partial charge is 0.465 e. The Morgan fingerprint density at radius 3 is 2.30 bits per heavy atom. The van der Waals surface area contributed by atoms with Gasteiger partial charge in [0, 0.05) is 0 Å². The zero-order valence-corrected chi connectivity index (χ0v) is 7.40. The first kappa shape index (κ1) is 12.4. The number of hydrogen-bond acceptors (Lipinski definition) is 3. The summed E-state index contributed by atoms with van der Waals surface area (Å²) in [4.78, 5) is 12.4. The second kappa shape index (κ2) is 6.83. The third-order valence-electron chi connectivity index (χ3n) is 0.751. The van der Waals surface area contributed by atoms with Crippen molar-refractivity contribution >= 4 is 18.4 Å². The van der Waals surface area contributed by atoms with Crippen molar-refractivity contribution in [3.05, 3.63) is 0 Å². The number of rotatable bonds is 3. The van der Waals surface area contributed by atoms with Crippen molar-refractivity contribution in [2.24, 2.45) is 0 Å². The third kappa shape index (κ3) is 7.72. The van der Waals surface area contributed by atoms with Gasteiger partial charge in [-0.15, -0.1) is 12.4 Å². The summed E-state index contributed by atoms with van der Waals surface area (Å²) in [7, 11) is 3.66. The molecule has 0 aromatic carbocycles. The summed E-state index contributed by atoms with van der Waals surface area (Å²) in [5.74, 6) is -0.164. The molecule has 0 N–H and O–H groups in total. The van der Waals surface area contributed by atoms with Gasteiger partial charge in [0.1, 0.15) is 0 Å². The first-order valence-electron chi connectivity index (χ1n) is 2.97. The van der Waals surface area contributed by atoms with E-state index in [1.807, 2.05) is 14.1 Å². The van der Waals surface area contributed by atoms with E-state index in [1.54, 1.807) is 11.8 Å². The highest BCUT2D eigenvalue weighted by Gasteiger charge is 2.00. The quantitative estimate of drug-likeness (QED) is 0.575. The summed E-state index contributed by atoms with van der Waals surface area (Å²) in [6.07, 6.45) is 0. The van der Waals surface area contributed by atoms with Crippen molar-refractivity contribution < 1.29 is 9.53 Å². The lowest BCUT2D eigenvalue weighted by Crippen LogP contribution is -2.23. The number of likely N-dealkylation sites (N-methyl/N-ethyl adjacent to an activating group) is 1. The van der Waals surface area contributed by atoms with E-state index in [0.717, 1.165) is 0 Å². The Morgan fingerprint density at radius 1 is 1.50 bits per heavy atom. The Kier molecular flexibility index (Phi) is 8.48. The van der Waals surface area contributed by atoms with Crippen LogP contribution in [0.1, 0.15) is 6.92 Å². The zero-order valence-electron chi connectivity index (χ0n) is 6.59. The predicted octanol–water partition coefficient (Wildman–Crippen LogP) is 0.533. The molecule has 0 atom stereocenters. The molecule has 0 rings (SSSR count). The summed E-state index contributed by atoms with van der Waals surface area (Å²) in [6, 6.07) is 0. The van der Waals surface area contributed by atoms with Crippen LogP contribution in [0.15, 0.2) is 0 Å². The number of esters is 1. The Morgan fingerprint density at radius 2 is 2.00 bits per heavy atom. The number of hydrogen-bond donors (Lipinski definition) is 0. The van der Waals surface area contributed by atoms with Crippen LogP contribution < -0.4 is 0 Å². The number of carbonyl (C=O) groups is 1. The van der Waals surface area contributed by atoms with Gasteiger partial charge in [-0.1, -0.05) is 0 Å². The minimum Gasteiger partial charge on any atom is -0.465 e. The van der Waals surface area contributed by atoms with Crippen LogP contribution in [0.5, 0.6) is 0 Å². The fourth-order valence-corrected chi connectivity index (χ4v) is 0.465. The van der Waals surface area contributed by atoms with E-state index < -0.39 is 0 Å². The lowest BCUT2D eigenvalue weighted by molar-refractivity contribution is -0.143. The highest BCUT2D eigenvalue weighted by Crippen LogP contribution is 1.79. The van der Waals surface area contributed by atoms with Crippen LogP contribution >= 0.6 is 12.4 Å². The van der Waals surface area contributed by atoms with Crippen LogP contribution in [0.2, 0.25) is 0 Å². The molecule has 0 heterocycles. The molecule has 0 amide bonds. The molecule has 0 saturated heterocycles. The van der Waals surface area contributed by atoms with Crippen molar-refractivity contribution in [1.82, 2.24) is 4.90 Å². The van der Waals surface area contributed by atoms with Crippen LogP contribution in [-0.2, 0) is 9.53 Å². The molecule has 4 heteroatoms. The predicted molar refractivity (Wildman–Crippen MR) is 42.4 cm³/mol. The molecule has 10 heavy (non-hydrogen) atoms. The Bertz CT molecular complexity index is 95.7. The molecule has 0 aliphatic heterocycles. The van der Waals surface area contributed by atoms with Crippen molar-refractivity contribution in [3.63, 3.8) is 0 Å². The number of carbonyl (C=O) groups excluding carboxylic acids is 1. The minimum atomic E-state index is -0.164. The summed E-state index contributed by atoms with van der Waals surface area (Å²) in [5, 5.41) is 0. The highest BCUT2D eigenvalue weighted by molar-refractivity contribution is 5.85. The first-order valence-corrected chi connectivity index (χ1v) is 2.97. The van der Waals surface area contributed by atoms with Crippen molar-refractivity contribution in [2.45, 2.75) is 6.92 Å². The molecule has 3 nitrogen and oxygen atoms in total. The molecule has 0 fully saturated rings. The Balaban J connectivity index is 0. The molecule has 0 saturated carbocycles. The van der Waals surface area contributed by atoms with E-state index in [0.29, 0.717) is 13.2 Å². The maximum atomic E-state index is 10.6. The summed E-state index contributed by atoms with van der Waals surface area (Å²) < 4.78 is 4.67. The van der Waals surface area contributed by atoms with Crippen molar-refractivity contribution in [3.8, 4) is 0 Å². The Labute approximate surface area is 67.8 Å². The van der Waals surface area contributed by atoms with Gasteiger partial charge in [0.2, 0.25) is 0 Å². The van der Waals surface area contributed by atoms with Crippen LogP contribution in [0, 0.1) is 0 Å². The average Bonchev–Trinajstić information content (AvgIpc) is 1.63. The van der Waals surface area contributed by atoms with Gasteiger partial charge in [0.25, 0.3) is 0 Å². The van der Waals surface area contributed by atoms with Gasteiger partial charge < -0.3 is 4.74 Å². The van der Waals surface area contributed by atoms with Gasteiger partial charge in [0.05, 0.1) is 13.2 Å². The Hall–Kier alpha value is -0.280. The molecule has 0 radical (unpaired) electrons. The van der Waals surface area contributed by atoms with Gasteiger partial charge in [-0.3, -0.25) is 9.69 Å². The lowest BCUT2D eigenvalue weighted by Gasteiger charge is -2.06. The molecule has 0 aliphatic rings. The molecule has 0 aromatic heterocycles. The van der Waals surface area contributed by atoms with E-state index in [9.17, 15) is 4.79 Å². The molecule has 0 spiro atoms. The molecule has 0 unspecified atom stereocenters. The monoisotopic (exact) mass is 167 g/mol. The number of halogens is 1. The summed E-state index contributed by atoms with van der Waals surface area (Å²) in [5.41, 5.74) is 0. The minimum absolute atomic E-state index is 0. The highest BCUT2D eigenvalue weighted by atomic mass is 35.5. The fraction of sp³-hybridized carbons (Fsp3) is 0.833. The topological polar surface area (TPSA) is 29.5 Å².